The van der Waals surface area contributed by atoms with Crippen molar-refractivity contribution in [3.05, 3.63) is 0 Å². The van der Waals surface area contributed by atoms with Crippen molar-refractivity contribution < 1.29 is 0 Å². The summed E-state index contributed by atoms with van der Waals surface area (Å²) < 4.78 is 0. The maximum Gasteiger partial charge on any atom is 0.0136 e. The SMILES string of the molecule is Cl.NC1CCC(CN2CC3CCCC32)C1. The lowest BCUT2D eigenvalue weighted by atomic mass is 9.90. The van der Waals surface area contributed by atoms with Crippen LogP contribution in [0.15, 0.2) is 0 Å². The predicted octanol–water partition coefficient (Wildman–Crippen LogP) is 2.02. The van der Waals surface area contributed by atoms with E-state index in [4.69, 9.17) is 5.73 Å². The van der Waals surface area contributed by atoms with Crippen molar-refractivity contribution in [2.75, 3.05) is 13.1 Å². The molecule has 0 aromatic rings. The number of rotatable bonds is 2. The Kier molecular flexibility index (Phi) is 3.59. The smallest absolute Gasteiger partial charge is 0.0136 e. The number of hydrogen-bond donors (Lipinski definition) is 1. The Labute approximate surface area is 99.0 Å². The van der Waals surface area contributed by atoms with Gasteiger partial charge < -0.3 is 5.73 Å². The molecule has 4 unspecified atom stereocenters. The van der Waals surface area contributed by atoms with Gasteiger partial charge >= 0.3 is 0 Å². The van der Waals surface area contributed by atoms with Gasteiger partial charge in [0.1, 0.15) is 0 Å². The minimum absolute atomic E-state index is 0. The van der Waals surface area contributed by atoms with E-state index < -0.39 is 0 Å². The molecule has 4 atom stereocenters. The van der Waals surface area contributed by atoms with E-state index in [0.29, 0.717) is 6.04 Å². The third-order valence-corrected chi connectivity index (χ3v) is 4.63. The van der Waals surface area contributed by atoms with Gasteiger partial charge in [-0.25, -0.2) is 0 Å². The second-order valence-corrected chi connectivity index (χ2v) is 5.65. The molecule has 1 heterocycles. The minimum Gasteiger partial charge on any atom is -0.328 e. The summed E-state index contributed by atoms with van der Waals surface area (Å²) in [7, 11) is 0. The lowest BCUT2D eigenvalue weighted by molar-refractivity contribution is 0.0241. The van der Waals surface area contributed by atoms with Crippen LogP contribution in [0.2, 0.25) is 0 Å². The quantitative estimate of drug-likeness (QED) is 0.787. The highest BCUT2D eigenvalue weighted by molar-refractivity contribution is 5.85. The topological polar surface area (TPSA) is 29.3 Å². The van der Waals surface area contributed by atoms with Crippen LogP contribution >= 0.6 is 12.4 Å². The van der Waals surface area contributed by atoms with Crippen molar-refractivity contribution >= 4 is 12.4 Å². The Morgan fingerprint density at radius 3 is 2.67 bits per heavy atom. The molecule has 2 nitrogen and oxygen atoms in total. The Morgan fingerprint density at radius 1 is 1.13 bits per heavy atom. The third kappa shape index (κ3) is 2.17. The van der Waals surface area contributed by atoms with Crippen LogP contribution in [0.5, 0.6) is 0 Å². The molecule has 15 heavy (non-hydrogen) atoms. The minimum atomic E-state index is 0. The van der Waals surface area contributed by atoms with Gasteiger partial charge in [-0.3, -0.25) is 4.90 Å². The molecule has 0 spiro atoms. The lowest BCUT2D eigenvalue weighted by Gasteiger charge is -2.46. The summed E-state index contributed by atoms with van der Waals surface area (Å²) in [6, 6.07) is 1.49. The molecule has 88 valence electrons. The van der Waals surface area contributed by atoms with Gasteiger partial charge in [-0.05, 0) is 43.9 Å². The van der Waals surface area contributed by atoms with E-state index in [1.807, 2.05) is 0 Å². The Morgan fingerprint density at radius 2 is 2.00 bits per heavy atom. The number of hydrogen-bond acceptors (Lipinski definition) is 2. The van der Waals surface area contributed by atoms with Crippen LogP contribution in [-0.4, -0.2) is 30.1 Å². The fourth-order valence-corrected chi connectivity index (χ4v) is 3.83. The monoisotopic (exact) mass is 230 g/mol. The molecule has 3 rings (SSSR count). The zero-order chi connectivity index (χ0) is 9.54. The summed E-state index contributed by atoms with van der Waals surface area (Å²) in [6.45, 7) is 2.76. The molecule has 0 bridgehead atoms. The first-order valence-electron chi connectivity index (χ1n) is 6.32. The molecule has 0 radical (unpaired) electrons. The molecule has 2 aliphatic carbocycles. The lowest BCUT2D eigenvalue weighted by Crippen LogP contribution is -2.54. The summed E-state index contributed by atoms with van der Waals surface area (Å²) in [5.41, 5.74) is 5.95. The standard InChI is InChI=1S/C12H22N2.ClH/c13-11-5-4-9(6-11)7-14-8-10-2-1-3-12(10)14;/h9-12H,1-8,13H2;1H. The van der Waals surface area contributed by atoms with Crippen molar-refractivity contribution in [1.29, 1.82) is 0 Å². The summed E-state index contributed by atoms with van der Waals surface area (Å²) in [4.78, 5) is 2.74. The van der Waals surface area contributed by atoms with Crippen LogP contribution in [0.4, 0.5) is 0 Å². The van der Waals surface area contributed by atoms with E-state index in [1.165, 1.54) is 51.6 Å². The van der Waals surface area contributed by atoms with Crippen LogP contribution in [0.25, 0.3) is 0 Å². The molecule has 1 aliphatic heterocycles. The molecule has 2 N–H and O–H groups in total. The van der Waals surface area contributed by atoms with E-state index in [-0.39, 0.29) is 12.4 Å². The molecular formula is C12H23ClN2. The Hall–Kier alpha value is 0.210. The summed E-state index contributed by atoms with van der Waals surface area (Å²) >= 11 is 0. The largest absolute Gasteiger partial charge is 0.328 e. The fourth-order valence-electron chi connectivity index (χ4n) is 3.83. The first kappa shape index (κ1) is 11.7. The van der Waals surface area contributed by atoms with Crippen LogP contribution in [0, 0.1) is 11.8 Å². The molecule has 1 saturated heterocycles. The summed E-state index contributed by atoms with van der Waals surface area (Å²) in [5, 5.41) is 0. The van der Waals surface area contributed by atoms with Crippen LogP contribution in [0.1, 0.15) is 38.5 Å². The zero-order valence-corrected chi connectivity index (χ0v) is 10.2. The highest BCUT2D eigenvalue weighted by atomic mass is 35.5. The maximum absolute atomic E-state index is 5.95. The second kappa shape index (κ2) is 4.60. The Balaban J connectivity index is 0.000000853. The molecule has 3 aliphatic rings. The predicted molar refractivity (Wildman–Crippen MR) is 65.3 cm³/mol. The highest BCUT2D eigenvalue weighted by Gasteiger charge is 2.42. The van der Waals surface area contributed by atoms with Gasteiger partial charge in [0, 0.05) is 25.2 Å². The summed E-state index contributed by atoms with van der Waals surface area (Å²) in [5.74, 6) is 2.00. The van der Waals surface area contributed by atoms with E-state index >= 15 is 0 Å². The number of nitrogens with two attached hydrogens (primary N) is 1. The number of likely N-dealkylation sites (tertiary alicyclic amines) is 1. The van der Waals surface area contributed by atoms with Crippen LogP contribution < -0.4 is 5.73 Å². The van der Waals surface area contributed by atoms with Crippen LogP contribution in [-0.2, 0) is 0 Å². The van der Waals surface area contributed by atoms with Crippen molar-refractivity contribution in [1.82, 2.24) is 4.90 Å². The highest BCUT2D eigenvalue weighted by Crippen LogP contribution is 2.40. The number of nitrogens with zero attached hydrogens (tertiary/aromatic N) is 1. The van der Waals surface area contributed by atoms with Crippen molar-refractivity contribution in [3.8, 4) is 0 Å². The molecule has 0 aromatic heterocycles. The number of fused-ring (bicyclic) bond motifs is 1. The molecule has 3 fully saturated rings. The van der Waals surface area contributed by atoms with Crippen molar-refractivity contribution in [2.24, 2.45) is 17.6 Å². The average Bonchev–Trinajstić information content (AvgIpc) is 2.68. The van der Waals surface area contributed by atoms with Gasteiger partial charge in [-0.2, -0.15) is 0 Å². The molecule has 0 amide bonds. The van der Waals surface area contributed by atoms with Crippen molar-refractivity contribution in [3.63, 3.8) is 0 Å². The van der Waals surface area contributed by atoms with E-state index in [0.717, 1.165) is 17.9 Å². The average molecular weight is 231 g/mol. The van der Waals surface area contributed by atoms with E-state index in [2.05, 4.69) is 4.90 Å². The van der Waals surface area contributed by atoms with E-state index in [9.17, 15) is 0 Å². The van der Waals surface area contributed by atoms with Gasteiger partial charge in [0.15, 0.2) is 0 Å². The molecule has 2 saturated carbocycles. The second-order valence-electron chi connectivity index (χ2n) is 5.65. The zero-order valence-electron chi connectivity index (χ0n) is 9.40. The number of halogens is 1. The first-order valence-corrected chi connectivity index (χ1v) is 6.32. The molecule has 0 aromatic carbocycles. The van der Waals surface area contributed by atoms with Gasteiger partial charge in [0.2, 0.25) is 0 Å². The van der Waals surface area contributed by atoms with Gasteiger partial charge in [0.25, 0.3) is 0 Å². The van der Waals surface area contributed by atoms with Crippen molar-refractivity contribution in [2.45, 2.75) is 50.6 Å². The third-order valence-electron chi connectivity index (χ3n) is 4.63. The molecular weight excluding hydrogens is 208 g/mol. The summed E-state index contributed by atoms with van der Waals surface area (Å²) in [6.07, 6.45) is 8.40. The van der Waals surface area contributed by atoms with Crippen LogP contribution in [0.3, 0.4) is 0 Å². The van der Waals surface area contributed by atoms with E-state index in [1.54, 1.807) is 0 Å². The van der Waals surface area contributed by atoms with Gasteiger partial charge in [-0.1, -0.05) is 6.42 Å². The van der Waals surface area contributed by atoms with Gasteiger partial charge in [-0.15, -0.1) is 12.4 Å². The molecule has 3 heteroatoms. The Bertz CT molecular complexity index is 222. The fraction of sp³-hybridized carbons (Fsp3) is 1.00. The normalized spacial score (nSPS) is 44.6. The first-order chi connectivity index (χ1) is 6.83. The maximum atomic E-state index is 5.95. The van der Waals surface area contributed by atoms with Gasteiger partial charge in [0.05, 0.1) is 0 Å².